The second-order valence-electron chi connectivity index (χ2n) is 18.9. The molecule has 0 aliphatic carbocycles. The Bertz CT molecular complexity index is 2240. The summed E-state index contributed by atoms with van der Waals surface area (Å²) in [7, 11) is -16.5. The molecule has 3 rings (SSSR count). The zero-order valence-electron chi connectivity index (χ0n) is 41.1. The van der Waals surface area contributed by atoms with Crippen molar-refractivity contribution >= 4 is 75.1 Å². The molecule has 7 unspecified atom stereocenters. The molecule has 2 aromatic rings. The number of carbonyl (C=O) groups is 4. The second-order valence-corrected chi connectivity index (χ2v) is 24.3. The van der Waals surface area contributed by atoms with Crippen molar-refractivity contribution in [3.05, 3.63) is 12.7 Å². The number of nitrogens with one attached hydrogen (secondary N) is 2. The summed E-state index contributed by atoms with van der Waals surface area (Å²) in [5.74, 6) is -1.58. The number of nitrogen functional groups attached to an aromatic ring is 1. The number of fused-ring (bicyclic) bond motifs is 1. The average molecular weight is 1110 g/mol. The molecule has 0 spiro atoms. The number of phosphoric ester groups is 3. The van der Waals surface area contributed by atoms with Gasteiger partial charge in [0.25, 0.3) is 0 Å². The third-order valence-electron chi connectivity index (χ3n) is 12.0. The van der Waals surface area contributed by atoms with Gasteiger partial charge in [0.05, 0.1) is 31.6 Å². The Kier molecular flexibility index (Phi) is 25.3. The Morgan fingerprint density at radius 3 is 2.11 bits per heavy atom. The SMILES string of the molecule is CC(CCCC(C)CCC(O)C(C)C(=O)SCCNC(=O)CCNC(=O)[C@H](O)C(C)(C)COP(=O)(O)OP(=O)(O)OC[C@H]1O[C@@H](n2cnc3c(N)ncnc32)[C@@H](O)[C@@H]1OP(=O)(O)O)CCCC(C)CC(=O)O. The lowest BCUT2D eigenvalue weighted by atomic mass is 9.87. The molecule has 72 heavy (non-hydrogen) atoms. The van der Waals surface area contributed by atoms with Crippen molar-refractivity contribution in [3.63, 3.8) is 0 Å². The van der Waals surface area contributed by atoms with E-state index in [-0.39, 0.29) is 59.7 Å². The lowest BCUT2D eigenvalue weighted by Gasteiger charge is -2.30. The molecule has 2 aromatic heterocycles. The highest BCUT2D eigenvalue weighted by Gasteiger charge is 2.50. The summed E-state index contributed by atoms with van der Waals surface area (Å²) in [4.78, 5) is 99.9. The maximum atomic E-state index is 12.8. The van der Waals surface area contributed by atoms with Gasteiger partial charge in [-0.05, 0) is 30.6 Å². The highest BCUT2D eigenvalue weighted by atomic mass is 32.2. The molecular formula is C41H72N7O20P3S. The first-order valence-electron chi connectivity index (χ1n) is 23.4. The first-order chi connectivity index (χ1) is 33.4. The number of aliphatic carboxylic acids is 1. The van der Waals surface area contributed by atoms with Crippen molar-refractivity contribution < 1.29 is 95.5 Å². The average Bonchev–Trinajstić information content (AvgIpc) is 3.84. The second kappa shape index (κ2) is 28.8. The standard InChI is InChI=1S/C41H72N7O20P3S/c1-24(10-8-12-26(3)19-31(51)52)9-7-11-25(2)13-14-28(49)27(4)40(56)72-18-17-43-30(50)15-16-44-38(55)35(54)41(5,6)21-65-71(62,63)68-70(60,61)64-20-29-34(67-69(57,58)59)33(53)39(66-29)48-23-47-32-36(42)45-22-46-37(32)48/h22-29,33-35,39,49,53-54H,7-21H2,1-6H3,(H,43,50)(H,44,55)(H,51,52)(H,60,61)(H,62,63)(H2,42,45,46)(H2,57,58,59)/t24?,25?,26?,27?,28?,29-,33+,34-,35+,39-/m1/s1. The van der Waals surface area contributed by atoms with Gasteiger partial charge in [0.2, 0.25) is 11.8 Å². The van der Waals surface area contributed by atoms with Crippen LogP contribution in [0, 0.1) is 29.1 Å². The van der Waals surface area contributed by atoms with Crippen LogP contribution in [0.5, 0.6) is 0 Å². The van der Waals surface area contributed by atoms with Crippen molar-refractivity contribution in [3.8, 4) is 0 Å². The van der Waals surface area contributed by atoms with E-state index in [4.69, 9.17) is 24.6 Å². The van der Waals surface area contributed by atoms with Gasteiger partial charge in [0.15, 0.2) is 22.8 Å². The largest absolute Gasteiger partial charge is 0.481 e. The number of rotatable bonds is 34. The molecule has 0 bridgehead atoms. The molecule has 0 saturated carbocycles. The molecule has 2 amide bonds. The summed E-state index contributed by atoms with van der Waals surface area (Å²) in [5, 5.41) is 46.0. The van der Waals surface area contributed by atoms with Gasteiger partial charge in [-0.2, -0.15) is 4.31 Å². The number of aliphatic hydroxyl groups is 3. The van der Waals surface area contributed by atoms with Crippen LogP contribution in [0.4, 0.5) is 5.82 Å². The van der Waals surface area contributed by atoms with Crippen molar-refractivity contribution in [1.82, 2.24) is 30.2 Å². The quantitative estimate of drug-likeness (QED) is 0.0354. The maximum absolute atomic E-state index is 12.8. The maximum Gasteiger partial charge on any atom is 0.481 e. The number of carboxylic acids is 1. The molecule has 27 nitrogen and oxygen atoms in total. The predicted octanol–water partition coefficient (Wildman–Crippen LogP) is 3.17. The number of aliphatic hydroxyl groups excluding tert-OH is 3. The number of carbonyl (C=O) groups excluding carboxylic acids is 3. The van der Waals surface area contributed by atoms with Crippen molar-refractivity contribution in [2.45, 2.75) is 142 Å². The van der Waals surface area contributed by atoms with E-state index in [1.54, 1.807) is 6.92 Å². The van der Waals surface area contributed by atoms with Gasteiger partial charge in [-0.3, -0.25) is 37.3 Å². The van der Waals surface area contributed by atoms with Gasteiger partial charge < -0.3 is 61.1 Å². The molecule has 3 heterocycles. The first kappa shape index (κ1) is 63.3. The van der Waals surface area contributed by atoms with Crippen LogP contribution >= 0.6 is 35.2 Å². The normalized spacial score (nSPS) is 21.7. The fourth-order valence-electron chi connectivity index (χ4n) is 7.59. The van der Waals surface area contributed by atoms with E-state index >= 15 is 0 Å². The Hall–Kier alpha value is -3.01. The highest BCUT2D eigenvalue weighted by molar-refractivity contribution is 8.13. The van der Waals surface area contributed by atoms with Crippen LogP contribution in [0.2, 0.25) is 0 Å². The number of nitrogens with two attached hydrogens (primary N) is 1. The van der Waals surface area contributed by atoms with E-state index in [1.807, 2.05) is 6.92 Å². The Morgan fingerprint density at radius 1 is 0.875 bits per heavy atom. The number of amides is 2. The summed E-state index contributed by atoms with van der Waals surface area (Å²) in [6.45, 7) is 8.27. The molecule has 0 radical (unpaired) electrons. The number of anilines is 1. The van der Waals surface area contributed by atoms with Crippen LogP contribution in [0.25, 0.3) is 11.2 Å². The number of hydrogen-bond acceptors (Lipinski definition) is 20. The smallest absolute Gasteiger partial charge is 0.481 e. The third kappa shape index (κ3) is 21.7. The minimum atomic E-state index is -5.60. The molecule has 1 aliphatic heterocycles. The summed E-state index contributed by atoms with van der Waals surface area (Å²) in [6.07, 6.45) is -0.317. The molecule has 1 fully saturated rings. The van der Waals surface area contributed by atoms with Gasteiger partial charge in [0.1, 0.15) is 36.3 Å². The topological polar surface area (TPSA) is 421 Å². The summed E-state index contributed by atoms with van der Waals surface area (Å²) in [5.41, 5.74) is 4.23. The van der Waals surface area contributed by atoms with Crippen molar-refractivity contribution in [1.29, 1.82) is 0 Å². The van der Waals surface area contributed by atoms with E-state index in [9.17, 15) is 67.8 Å². The third-order valence-corrected chi connectivity index (χ3v) is 16.1. The van der Waals surface area contributed by atoms with Crippen molar-refractivity contribution in [2.24, 2.45) is 29.1 Å². The Labute approximate surface area is 421 Å². The molecule has 1 saturated heterocycles. The number of phosphoric acid groups is 3. The number of ether oxygens (including phenoxy) is 1. The first-order valence-corrected chi connectivity index (χ1v) is 28.9. The minimum absolute atomic E-state index is 0.0216. The molecule has 31 heteroatoms. The molecule has 12 N–H and O–H groups in total. The van der Waals surface area contributed by atoms with Gasteiger partial charge in [0, 0.05) is 37.1 Å². The monoisotopic (exact) mass is 1110 g/mol. The molecular weight excluding hydrogens is 1040 g/mol. The number of thioether (sulfide) groups is 1. The highest BCUT2D eigenvalue weighted by Crippen LogP contribution is 2.61. The lowest BCUT2D eigenvalue weighted by Crippen LogP contribution is -2.46. The minimum Gasteiger partial charge on any atom is -0.481 e. The predicted molar refractivity (Wildman–Crippen MR) is 259 cm³/mol. The van der Waals surface area contributed by atoms with Crippen LogP contribution in [0.15, 0.2) is 12.7 Å². The van der Waals surface area contributed by atoms with E-state index in [0.29, 0.717) is 18.3 Å². The van der Waals surface area contributed by atoms with Gasteiger partial charge >= 0.3 is 29.4 Å². The zero-order valence-corrected chi connectivity index (χ0v) is 44.6. The van der Waals surface area contributed by atoms with Crippen LogP contribution in [-0.4, -0.2) is 145 Å². The number of hydrogen-bond donors (Lipinski definition) is 11. The zero-order chi connectivity index (χ0) is 54.2. The lowest BCUT2D eigenvalue weighted by molar-refractivity contribution is -0.138. The summed E-state index contributed by atoms with van der Waals surface area (Å²) >= 11 is 0.980. The Morgan fingerprint density at radius 2 is 1.49 bits per heavy atom. The van der Waals surface area contributed by atoms with E-state index < -0.39 is 103 Å². The van der Waals surface area contributed by atoms with E-state index in [1.165, 1.54) is 13.8 Å². The molecule has 12 atom stereocenters. The Balaban J connectivity index is 1.34. The van der Waals surface area contributed by atoms with E-state index in [0.717, 1.165) is 73.9 Å². The molecule has 412 valence electrons. The number of nitrogens with zero attached hydrogens (tertiary/aromatic N) is 4. The number of carboxylic acid groups (broad SMARTS) is 1. The van der Waals surface area contributed by atoms with E-state index in [2.05, 4.69) is 48.3 Å². The van der Waals surface area contributed by atoms with Crippen molar-refractivity contribution in [2.75, 3.05) is 37.8 Å². The fourth-order valence-corrected chi connectivity index (χ4v) is 11.2. The number of imidazole rings is 1. The van der Waals surface area contributed by atoms with Gasteiger partial charge in [-0.25, -0.2) is 28.6 Å². The van der Waals surface area contributed by atoms with Crippen LogP contribution in [0.1, 0.15) is 112 Å². The summed E-state index contributed by atoms with van der Waals surface area (Å²) in [6, 6.07) is 0. The molecule has 0 aromatic carbocycles. The van der Waals surface area contributed by atoms with Crippen LogP contribution in [-0.2, 0) is 55.5 Å². The van der Waals surface area contributed by atoms with Gasteiger partial charge in [-0.1, -0.05) is 91.8 Å². The summed E-state index contributed by atoms with van der Waals surface area (Å²) < 4.78 is 62.5. The van der Waals surface area contributed by atoms with Gasteiger partial charge in [-0.15, -0.1) is 0 Å². The fraction of sp³-hybridized carbons (Fsp3) is 0.780. The number of aromatic nitrogens is 4. The van der Waals surface area contributed by atoms with Crippen LogP contribution < -0.4 is 16.4 Å². The molecule has 1 aliphatic rings. The van der Waals surface area contributed by atoms with Crippen LogP contribution in [0.3, 0.4) is 0 Å².